The van der Waals surface area contributed by atoms with E-state index in [4.69, 9.17) is 16.2 Å². The Hall–Kier alpha value is -2.32. The highest BCUT2D eigenvalue weighted by molar-refractivity contribution is 5.94. The predicted molar refractivity (Wildman–Crippen MR) is 137 cm³/mol. The molecule has 2 rings (SSSR count). The van der Waals surface area contributed by atoms with Gasteiger partial charge >= 0.3 is 0 Å². The van der Waals surface area contributed by atoms with E-state index in [2.05, 4.69) is 10.6 Å². The summed E-state index contributed by atoms with van der Waals surface area (Å²) in [4.78, 5) is 52.7. The number of unbranched alkanes of at least 4 members (excludes halogenated alkanes) is 1. The summed E-state index contributed by atoms with van der Waals surface area (Å²) in [5.74, 6) is -2.00. The molecule has 0 aliphatic carbocycles. The average molecular weight is 544 g/mol. The molecule has 0 aromatic carbocycles. The number of hydrogen-bond donors (Lipinski definition) is 7. The number of carbonyl (C=O) groups excluding carboxylic acids is 4. The molecule has 218 valence electrons. The number of nitrogens with two attached hydrogens (primary N) is 2. The van der Waals surface area contributed by atoms with Gasteiger partial charge in [0, 0.05) is 6.54 Å². The Morgan fingerprint density at radius 2 is 1.71 bits per heavy atom. The van der Waals surface area contributed by atoms with E-state index in [1.54, 1.807) is 0 Å². The maximum atomic E-state index is 13.5. The van der Waals surface area contributed by atoms with Crippen molar-refractivity contribution in [3.8, 4) is 0 Å². The van der Waals surface area contributed by atoms with Crippen molar-refractivity contribution in [2.75, 3.05) is 13.1 Å². The van der Waals surface area contributed by atoms with E-state index >= 15 is 0 Å². The number of aliphatic hydroxyl groups is 3. The Balaban J connectivity index is 2.10. The first-order valence-electron chi connectivity index (χ1n) is 13.5. The van der Waals surface area contributed by atoms with Gasteiger partial charge in [-0.15, -0.1) is 0 Å². The fourth-order valence-corrected chi connectivity index (χ4v) is 4.98. The molecule has 4 amide bonds. The predicted octanol–water partition coefficient (Wildman–Crippen LogP) is -2.13. The first-order valence-corrected chi connectivity index (χ1v) is 13.5. The fraction of sp³-hybridized carbons (Fsp3) is 0.840. The molecule has 9 N–H and O–H groups in total. The van der Waals surface area contributed by atoms with Gasteiger partial charge < -0.3 is 47.1 Å². The third kappa shape index (κ3) is 8.60. The quantitative estimate of drug-likeness (QED) is 0.126. The van der Waals surface area contributed by atoms with Crippen molar-refractivity contribution >= 4 is 23.6 Å². The molecule has 2 saturated heterocycles. The Kier molecular flexibility index (Phi) is 12.4. The standard InChI is InChI=1S/C25H45N5O8/c1-13(2)11-16(23(27)35)29-24(36)17-8-6-10-30(17)25(37)15(7-4-5-9-26)28-19(31)12-18-21(33)22(34)20(32)14(3)38-18/h13-18,20-22,32-34H,4-12,26H2,1-3H3,(H2,27,35)(H,28,31)(H,29,36)/t14-,15-,16-,17-,18-,20+,21+,22+/m0/s1. The fourth-order valence-electron chi connectivity index (χ4n) is 4.98. The Morgan fingerprint density at radius 3 is 2.32 bits per heavy atom. The number of hydrogen-bond acceptors (Lipinski definition) is 9. The minimum atomic E-state index is -1.48. The molecule has 38 heavy (non-hydrogen) atoms. The zero-order valence-corrected chi connectivity index (χ0v) is 22.5. The van der Waals surface area contributed by atoms with Crippen molar-refractivity contribution < 1.29 is 39.2 Å². The van der Waals surface area contributed by atoms with Crippen LogP contribution in [0.3, 0.4) is 0 Å². The van der Waals surface area contributed by atoms with Crippen LogP contribution >= 0.6 is 0 Å². The number of likely N-dealkylation sites (tertiary alicyclic amines) is 1. The molecule has 8 atom stereocenters. The SMILES string of the molecule is CC(C)C[C@H](NC(=O)[C@@H]1CCCN1C(=O)[C@H](CCCCN)NC(=O)C[C@@H]1O[C@@H](C)[C@@H](O)[C@@H](O)[C@@H]1O)C(N)=O. The molecule has 0 spiro atoms. The minimum absolute atomic E-state index is 0.121. The highest BCUT2D eigenvalue weighted by atomic mass is 16.5. The van der Waals surface area contributed by atoms with Gasteiger partial charge in [0.15, 0.2) is 0 Å². The van der Waals surface area contributed by atoms with E-state index in [0.717, 1.165) is 0 Å². The third-order valence-electron chi connectivity index (χ3n) is 7.12. The van der Waals surface area contributed by atoms with Gasteiger partial charge in [0.2, 0.25) is 23.6 Å². The second kappa shape index (κ2) is 14.7. The lowest BCUT2D eigenvalue weighted by Gasteiger charge is -2.39. The molecular weight excluding hydrogens is 498 g/mol. The van der Waals surface area contributed by atoms with Crippen LogP contribution in [0.5, 0.6) is 0 Å². The Labute approximate surface area is 223 Å². The molecule has 2 fully saturated rings. The van der Waals surface area contributed by atoms with Gasteiger partial charge in [-0.3, -0.25) is 19.2 Å². The Bertz CT molecular complexity index is 828. The topological polar surface area (TPSA) is 218 Å². The first kappa shape index (κ1) is 31.9. The van der Waals surface area contributed by atoms with E-state index in [9.17, 15) is 34.5 Å². The number of ether oxygens (including phenoxy) is 1. The molecular formula is C25H45N5O8. The third-order valence-corrected chi connectivity index (χ3v) is 7.12. The molecule has 2 heterocycles. The van der Waals surface area contributed by atoms with Crippen molar-refractivity contribution in [3.05, 3.63) is 0 Å². The maximum absolute atomic E-state index is 13.5. The van der Waals surface area contributed by atoms with Crippen molar-refractivity contribution in [1.82, 2.24) is 15.5 Å². The number of aliphatic hydroxyl groups excluding tert-OH is 3. The first-order chi connectivity index (χ1) is 17.9. The van der Waals surface area contributed by atoms with Gasteiger partial charge in [0.1, 0.15) is 36.4 Å². The van der Waals surface area contributed by atoms with Crippen LogP contribution in [0.15, 0.2) is 0 Å². The summed E-state index contributed by atoms with van der Waals surface area (Å²) in [5, 5.41) is 35.5. The second-order valence-corrected chi connectivity index (χ2v) is 10.7. The van der Waals surface area contributed by atoms with Crippen LogP contribution in [-0.4, -0.2) is 106 Å². The number of primary amides is 1. The monoisotopic (exact) mass is 543 g/mol. The molecule has 13 heteroatoms. The summed E-state index contributed by atoms with van der Waals surface area (Å²) in [5.41, 5.74) is 11.1. The van der Waals surface area contributed by atoms with E-state index in [0.29, 0.717) is 45.2 Å². The molecule has 2 aliphatic heterocycles. The zero-order valence-electron chi connectivity index (χ0n) is 22.5. The molecule has 0 unspecified atom stereocenters. The van der Waals surface area contributed by atoms with Crippen molar-refractivity contribution in [2.24, 2.45) is 17.4 Å². The number of nitrogens with one attached hydrogen (secondary N) is 2. The van der Waals surface area contributed by atoms with Crippen LogP contribution in [0.4, 0.5) is 0 Å². The van der Waals surface area contributed by atoms with Crippen molar-refractivity contribution in [2.45, 2.75) is 114 Å². The molecule has 0 radical (unpaired) electrons. The maximum Gasteiger partial charge on any atom is 0.245 e. The summed E-state index contributed by atoms with van der Waals surface area (Å²) >= 11 is 0. The van der Waals surface area contributed by atoms with Gasteiger partial charge in [0.05, 0.1) is 18.6 Å². The van der Waals surface area contributed by atoms with Gasteiger partial charge in [-0.25, -0.2) is 0 Å². The van der Waals surface area contributed by atoms with Gasteiger partial charge in [0.25, 0.3) is 0 Å². The van der Waals surface area contributed by atoms with Crippen LogP contribution < -0.4 is 22.1 Å². The second-order valence-electron chi connectivity index (χ2n) is 10.7. The van der Waals surface area contributed by atoms with Crippen LogP contribution in [0.2, 0.25) is 0 Å². The van der Waals surface area contributed by atoms with Crippen LogP contribution in [0.1, 0.15) is 65.7 Å². The van der Waals surface area contributed by atoms with E-state index in [1.807, 2.05) is 13.8 Å². The van der Waals surface area contributed by atoms with E-state index < -0.39 is 72.3 Å². The Morgan fingerprint density at radius 1 is 1.03 bits per heavy atom. The summed E-state index contributed by atoms with van der Waals surface area (Å²) in [6.45, 7) is 6.06. The number of carbonyl (C=O) groups is 4. The summed E-state index contributed by atoms with van der Waals surface area (Å²) in [6, 6.07) is -2.59. The molecule has 0 aromatic heterocycles. The van der Waals surface area contributed by atoms with Gasteiger partial charge in [-0.05, 0) is 57.9 Å². The summed E-state index contributed by atoms with van der Waals surface area (Å²) in [7, 11) is 0. The average Bonchev–Trinajstić information content (AvgIpc) is 3.34. The molecule has 0 aromatic rings. The number of amides is 4. The zero-order chi connectivity index (χ0) is 28.6. The lowest BCUT2D eigenvalue weighted by molar-refractivity contribution is -0.218. The number of nitrogens with zero attached hydrogens (tertiary/aromatic N) is 1. The highest BCUT2D eigenvalue weighted by Gasteiger charge is 2.43. The molecule has 2 aliphatic rings. The lowest BCUT2D eigenvalue weighted by atomic mass is 9.93. The smallest absolute Gasteiger partial charge is 0.245 e. The van der Waals surface area contributed by atoms with Crippen molar-refractivity contribution in [1.29, 1.82) is 0 Å². The summed E-state index contributed by atoms with van der Waals surface area (Å²) in [6.07, 6.45) is -3.60. The van der Waals surface area contributed by atoms with Crippen LogP contribution in [0, 0.1) is 5.92 Å². The van der Waals surface area contributed by atoms with Gasteiger partial charge in [-0.2, -0.15) is 0 Å². The van der Waals surface area contributed by atoms with E-state index in [1.165, 1.54) is 11.8 Å². The van der Waals surface area contributed by atoms with Crippen LogP contribution in [-0.2, 0) is 23.9 Å². The normalized spacial score (nSPS) is 29.1. The highest BCUT2D eigenvalue weighted by Crippen LogP contribution is 2.24. The van der Waals surface area contributed by atoms with E-state index in [-0.39, 0.29) is 18.8 Å². The number of rotatable bonds is 13. The van der Waals surface area contributed by atoms with Crippen molar-refractivity contribution in [3.63, 3.8) is 0 Å². The van der Waals surface area contributed by atoms with Crippen LogP contribution in [0.25, 0.3) is 0 Å². The van der Waals surface area contributed by atoms with Gasteiger partial charge in [-0.1, -0.05) is 13.8 Å². The molecule has 0 bridgehead atoms. The largest absolute Gasteiger partial charge is 0.388 e. The lowest BCUT2D eigenvalue weighted by Crippen LogP contribution is -2.58. The molecule has 0 saturated carbocycles. The molecule has 13 nitrogen and oxygen atoms in total. The summed E-state index contributed by atoms with van der Waals surface area (Å²) < 4.78 is 5.50. The minimum Gasteiger partial charge on any atom is -0.388 e.